The summed E-state index contributed by atoms with van der Waals surface area (Å²) < 4.78 is 11.2. The molecule has 1 fully saturated rings. The lowest BCUT2D eigenvalue weighted by Crippen LogP contribution is -2.51. The lowest BCUT2D eigenvalue weighted by atomic mass is 9.97. The van der Waals surface area contributed by atoms with Gasteiger partial charge in [0.2, 0.25) is 11.8 Å². The summed E-state index contributed by atoms with van der Waals surface area (Å²) in [6.07, 6.45) is 1.65. The van der Waals surface area contributed by atoms with Gasteiger partial charge in [-0.05, 0) is 73.8 Å². The molecule has 1 aliphatic heterocycles. The number of likely N-dealkylation sites (tertiary alicyclic amines) is 1. The van der Waals surface area contributed by atoms with Crippen LogP contribution in [-0.4, -0.2) is 53.3 Å². The Labute approximate surface area is 249 Å². The number of nitrogens with one attached hydrogen (secondary N) is 2. The molecule has 1 atom stereocenters. The summed E-state index contributed by atoms with van der Waals surface area (Å²) in [4.78, 5) is 53.0. The molecule has 42 heavy (non-hydrogen) atoms. The molecule has 9 heteroatoms. The summed E-state index contributed by atoms with van der Waals surface area (Å²) in [5, 5.41) is 6.36. The van der Waals surface area contributed by atoms with Gasteiger partial charge in [0.05, 0.1) is 17.3 Å². The van der Waals surface area contributed by atoms with Crippen molar-refractivity contribution >= 4 is 29.4 Å². The van der Waals surface area contributed by atoms with Crippen LogP contribution in [0, 0.1) is 10.8 Å². The highest BCUT2D eigenvalue weighted by atomic mass is 16.5. The molecule has 0 spiro atoms. The largest absolute Gasteiger partial charge is 0.426 e. The van der Waals surface area contributed by atoms with Crippen molar-refractivity contribution in [2.75, 3.05) is 18.4 Å². The summed E-state index contributed by atoms with van der Waals surface area (Å²) in [5.41, 5.74) is -0.643. The minimum atomic E-state index is -0.730. The van der Waals surface area contributed by atoms with Gasteiger partial charge >= 0.3 is 11.9 Å². The number of amides is 2. The van der Waals surface area contributed by atoms with Crippen molar-refractivity contribution in [3.05, 3.63) is 54.1 Å². The molecule has 0 aliphatic carbocycles. The van der Waals surface area contributed by atoms with E-state index < -0.39 is 34.3 Å². The van der Waals surface area contributed by atoms with E-state index in [9.17, 15) is 19.2 Å². The third kappa shape index (κ3) is 9.33. The molecule has 0 bridgehead atoms. The van der Waals surface area contributed by atoms with Gasteiger partial charge in [0.25, 0.3) is 0 Å². The smallest absolute Gasteiger partial charge is 0.316 e. The molecule has 3 rings (SSSR count). The summed E-state index contributed by atoms with van der Waals surface area (Å²) in [5.74, 6) is -0.652. The average Bonchev–Trinajstić information content (AvgIpc) is 3.37. The monoisotopic (exact) mass is 579 g/mol. The molecular weight excluding hydrogens is 534 g/mol. The molecule has 2 N–H and O–H groups in total. The van der Waals surface area contributed by atoms with Crippen molar-refractivity contribution in [2.45, 2.75) is 86.2 Å². The Balaban J connectivity index is 1.70. The second kappa shape index (κ2) is 13.0. The SMILES string of the molecule is CC(C)(CNC(=O)[C@H]1CCCN1C(=O)Cc1ccccc1)Nc1cc(OC(=O)C(C)(C)C)cc(OC(=O)C(C)(C)C)c1. The van der Waals surface area contributed by atoms with Crippen LogP contribution in [0.4, 0.5) is 5.69 Å². The number of hydrogen-bond donors (Lipinski definition) is 2. The van der Waals surface area contributed by atoms with Gasteiger partial charge in [-0.25, -0.2) is 0 Å². The van der Waals surface area contributed by atoms with Crippen molar-refractivity contribution in [1.29, 1.82) is 0 Å². The summed E-state index contributed by atoms with van der Waals surface area (Å²) in [6.45, 7) is 15.2. The number of benzene rings is 2. The molecule has 1 saturated heterocycles. The Hall–Kier alpha value is -3.88. The van der Waals surface area contributed by atoms with Gasteiger partial charge in [-0.3, -0.25) is 19.2 Å². The predicted molar refractivity (Wildman–Crippen MR) is 162 cm³/mol. The zero-order valence-electron chi connectivity index (χ0n) is 26.1. The molecule has 2 aromatic carbocycles. The van der Waals surface area contributed by atoms with E-state index in [1.165, 1.54) is 6.07 Å². The Morgan fingerprint density at radius 2 is 1.38 bits per heavy atom. The third-order valence-electron chi connectivity index (χ3n) is 6.79. The van der Waals surface area contributed by atoms with Gasteiger partial charge in [-0.1, -0.05) is 30.3 Å². The van der Waals surface area contributed by atoms with Crippen LogP contribution in [0.15, 0.2) is 48.5 Å². The predicted octanol–water partition coefficient (Wildman–Crippen LogP) is 5.13. The lowest BCUT2D eigenvalue weighted by Gasteiger charge is -2.30. The highest BCUT2D eigenvalue weighted by Crippen LogP contribution is 2.31. The van der Waals surface area contributed by atoms with E-state index in [2.05, 4.69) is 10.6 Å². The Kier molecular flexibility index (Phi) is 10.1. The first kappa shape index (κ1) is 32.6. The van der Waals surface area contributed by atoms with Gasteiger partial charge in [0, 0.05) is 42.5 Å². The van der Waals surface area contributed by atoms with Crippen LogP contribution in [0.2, 0.25) is 0 Å². The fraction of sp³-hybridized carbons (Fsp3) is 0.515. The first-order chi connectivity index (χ1) is 19.4. The zero-order chi connectivity index (χ0) is 31.3. The normalized spacial score (nSPS) is 15.6. The Morgan fingerprint density at radius 1 is 0.833 bits per heavy atom. The van der Waals surface area contributed by atoms with E-state index in [-0.39, 0.29) is 36.3 Å². The van der Waals surface area contributed by atoms with Gasteiger partial charge in [-0.15, -0.1) is 0 Å². The first-order valence-electron chi connectivity index (χ1n) is 14.4. The summed E-state index contributed by atoms with van der Waals surface area (Å²) >= 11 is 0. The number of nitrogens with zero attached hydrogens (tertiary/aromatic N) is 1. The fourth-order valence-corrected chi connectivity index (χ4v) is 4.35. The van der Waals surface area contributed by atoms with E-state index in [1.54, 1.807) is 58.6 Å². The van der Waals surface area contributed by atoms with Gasteiger partial charge in [0.15, 0.2) is 0 Å². The number of carbonyl (C=O) groups is 4. The topological polar surface area (TPSA) is 114 Å². The van der Waals surface area contributed by atoms with Crippen LogP contribution in [0.25, 0.3) is 0 Å². The molecule has 2 amide bonds. The first-order valence-corrected chi connectivity index (χ1v) is 14.4. The van der Waals surface area contributed by atoms with Crippen LogP contribution >= 0.6 is 0 Å². The van der Waals surface area contributed by atoms with E-state index in [0.717, 1.165) is 12.0 Å². The number of ether oxygens (including phenoxy) is 2. The van der Waals surface area contributed by atoms with Gasteiger partial charge < -0.3 is 25.0 Å². The van der Waals surface area contributed by atoms with Crippen molar-refractivity contribution in [2.24, 2.45) is 10.8 Å². The zero-order valence-corrected chi connectivity index (χ0v) is 26.1. The minimum absolute atomic E-state index is 0.0600. The van der Waals surface area contributed by atoms with Crippen molar-refractivity contribution < 1.29 is 28.7 Å². The van der Waals surface area contributed by atoms with Crippen molar-refractivity contribution in [3.8, 4) is 11.5 Å². The average molecular weight is 580 g/mol. The molecule has 0 saturated carbocycles. The fourth-order valence-electron chi connectivity index (χ4n) is 4.35. The maximum absolute atomic E-state index is 13.2. The number of esters is 2. The summed E-state index contributed by atoms with van der Waals surface area (Å²) in [7, 11) is 0. The quantitative estimate of drug-likeness (QED) is 0.313. The number of carbonyl (C=O) groups excluding carboxylic acids is 4. The second-order valence-electron chi connectivity index (χ2n) is 13.6. The molecule has 0 aromatic heterocycles. The van der Waals surface area contributed by atoms with Crippen LogP contribution in [0.3, 0.4) is 0 Å². The highest BCUT2D eigenvalue weighted by Gasteiger charge is 2.35. The van der Waals surface area contributed by atoms with Gasteiger partial charge in [0.1, 0.15) is 17.5 Å². The van der Waals surface area contributed by atoms with Crippen LogP contribution in [-0.2, 0) is 25.6 Å². The highest BCUT2D eigenvalue weighted by molar-refractivity contribution is 5.89. The molecule has 0 unspecified atom stereocenters. The van der Waals surface area contributed by atoms with Crippen LogP contribution in [0.5, 0.6) is 11.5 Å². The minimum Gasteiger partial charge on any atom is -0.426 e. The number of hydrogen-bond acceptors (Lipinski definition) is 7. The van der Waals surface area contributed by atoms with E-state index in [4.69, 9.17) is 9.47 Å². The molecule has 1 heterocycles. The third-order valence-corrected chi connectivity index (χ3v) is 6.79. The van der Waals surface area contributed by atoms with E-state index >= 15 is 0 Å². The van der Waals surface area contributed by atoms with E-state index in [0.29, 0.717) is 18.7 Å². The molecule has 2 aromatic rings. The molecule has 0 radical (unpaired) electrons. The van der Waals surface area contributed by atoms with E-state index in [1.807, 2.05) is 44.2 Å². The molecule has 228 valence electrons. The lowest BCUT2D eigenvalue weighted by molar-refractivity contribution is -0.143. The molecular formula is C33H45N3O6. The molecule has 9 nitrogen and oxygen atoms in total. The van der Waals surface area contributed by atoms with Crippen molar-refractivity contribution in [3.63, 3.8) is 0 Å². The number of anilines is 1. The van der Waals surface area contributed by atoms with Gasteiger partial charge in [-0.2, -0.15) is 0 Å². The summed E-state index contributed by atoms with van der Waals surface area (Å²) in [6, 6.07) is 13.8. The second-order valence-corrected chi connectivity index (χ2v) is 13.6. The van der Waals surface area contributed by atoms with Crippen molar-refractivity contribution in [1.82, 2.24) is 10.2 Å². The van der Waals surface area contributed by atoms with Crippen LogP contribution in [0.1, 0.15) is 73.8 Å². The van der Waals surface area contributed by atoms with Crippen LogP contribution < -0.4 is 20.1 Å². The maximum Gasteiger partial charge on any atom is 0.316 e. The Bertz CT molecular complexity index is 1240. The molecule has 1 aliphatic rings. The number of rotatable bonds is 9. The standard InChI is InChI=1S/C33H45N3O6/c1-31(2,3)29(39)41-24-18-23(19-25(20-24)42-30(40)32(4,5)6)35-33(7,8)21-34-28(38)26-15-12-16-36(26)27(37)17-22-13-10-9-11-14-22/h9-11,13-14,18-20,26,35H,12,15-17,21H2,1-8H3,(H,34,38)/t26-/m1/s1. The Morgan fingerprint density at radius 3 is 1.90 bits per heavy atom. The maximum atomic E-state index is 13.2.